The Morgan fingerprint density at radius 1 is 1.12 bits per heavy atom. The lowest BCUT2D eigenvalue weighted by Gasteiger charge is -2.06. The van der Waals surface area contributed by atoms with Crippen LogP contribution in [-0.4, -0.2) is 11.0 Å². The number of phenols is 1. The van der Waals surface area contributed by atoms with Crippen LogP contribution < -0.4 is 5.32 Å². The second-order valence-electron chi connectivity index (χ2n) is 3.48. The third kappa shape index (κ3) is 2.60. The summed E-state index contributed by atoms with van der Waals surface area (Å²) in [5.74, 6) is -1.44. The van der Waals surface area contributed by atoms with Crippen molar-refractivity contribution in [2.45, 2.75) is 0 Å². The van der Waals surface area contributed by atoms with Gasteiger partial charge in [-0.2, -0.15) is 0 Å². The van der Waals surface area contributed by atoms with Crippen molar-refractivity contribution in [1.29, 1.82) is 0 Å². The third-order valence-corrected chi connectivity index (χ3v) is 2.24. The normalized spacial score (nSPS) is 9.94. The largest absolute Gasteiger partial charge is 0.507 e. The zero-order chi connectivity index (χ0) is 12.3. The van der Waals surface area contributed by atoms with Crippen molar-refractivity contribution in [1.82, 2.24) is 0 Å². The smallest absolute Gasteiger partial charge is 0.259 e. The molecular weight excluding hydrogens is 221 g/mol. The number of nitrogens with one attached hydrogen (secondary N) is 1. The molecule has 0 saturated carbocycles. The highest BCUT2D eigenvalue weighted by molar-refractivity contribution is 6.06. The highest BCUT2D eigenvalue weighted by Crippen LogP contribution is 2.19. The fraction of sp³-hybridized carbons (Fsp3) is 0. The molecule has 0 aromatic heterocycles. The van der Waals surface area contributed by atoms with E-state index in [1.54, 1.807) is 24.3 Å². The van der Waals surface area contributed by atoms with Gasteiger partial charge in [0.2, 0.25) is 0 Å². The van der Waals surface area contributed by atoms with E-state index in [-0.39, 0.29) is 11.3 Å². The number of anilines is 1. The average molecular weight is 231 g/mol. The van der Waals surface area contributed by atoms with Gasteiger partial charge in [-0.05, 0) is 24.3 Å². The number of phenolic OH excluding ortho intramolecular Hbond substituents is 1. The topological polar surface area (TPSA) is 49.3 Å². The van der Waals surface area contributed by atoms with Crippen LogP contribution in [0.25, 0.3) is 0 Å². The maximum atomic E-state index is 12.7. The molecular formula is C13H10FNO2. The van der Waals surface area contributed by atoms with Gasteiger partial charge >= 0.3 is 0 Å². The molecule has 17 heavy (non-hydrogen) atoms. The van der Waals surface area contributed by atoms with Gasteiger partial charge in [0.1, 0.15) is 11.6 Å². The van der Waals surface area contributed by atoms with Crippen LogP contribution in [0.3, 0.4) is 0 Å². The summed E-state index contributed by atoms with van der Waals surface area (Å²) in [6, 6.07) is 12.1. The molecule has 86 valence electrons. The summed E-state index contributed by atoms with van der Waals surface area (Å²) in [5.41, 5.74) is 0.650. The van der Waals surface area contributed by atoms with Gasteiger partial charge in [0, 0.05) is 11.8 Å². The summed E-state index contributed by atoms with van der Waals surface area (Å²) in [6.45, 7) is 0. The first-order valence-corrected chi connectivity index (χ1v) is 5.02. The monoisotopic (exact) mass is 231 g/mol. The Morgan fingerprint density at radius 2 is 1.82 bits per heavy atom. The number of halogens is 1. The van der Waals surface area contributed by atoms with Crippen molar-refractivity contribution >= 4 is 11.6 Å². The molecule has 2 aromatic rings. The second kappa shape index (κ2) is 4.65. The maximum absolute atomic E-state index is 12.7. The number of rotatable bonds is 2. The maximum Gasteiger partial charge on any atom is 0.259 e. The Hall–Kier alpha value is -2.36. The first kappa shape index (κ1) is 11.1. The lowest BCUT2D eigenvalue weighted by molar-refractivity contribution is 0.102. The lowest BCUT2D eigenvalue weighted by Crippen LogP contribution is -2.11. The fourth-order valence-corrected chi connectivity index (χ4v) is 1.42. The minimum absolute atomic E-state index is 0.0373. The van der Waals surface area contributed by atoms with Gasteiger partial charge in [0.05, 0.1) is 5.56 Å². The Balaban J connectivity index is 2.21. The van der Waals surface area contributed by atoms with Crippen molar-refractivity contribution in [3.8, 4) is 5.75 Å². The summed E-state index contributed by atoms with van der Waals surface area (Å²) in [5, 5.41) is 12.0. The van der Waals surface area contributed by atoms with Gasteiger partial charge in [0.25, 0.3) is 5.91 Å². The van der Waals surface area contributed by atoms with Crippen LogP contribution in [0.2, 0.25) is 0 Å². The molecule has 2 aromatic carbocycles. The number of para-hydroxylation sites is 1. The molecule has 0 atom stereocenters. The van der Waals surface area contributed by atoms with Gasteiger partial charge in [-0.15, -0.1) is 0 Å². The van der Waals surface area contributed by atoms with E-state index in [9.17, 15) is 14.3 Å². The predicted molar refractivity (Wildman–Crippen MR) is 62.5 cm³/mol. The van der Waals surface area contributed by atoms with Gasteiger partial charge in [-0.25, -0.2) is 4.39 Å². The molecule has 0 unspecified atom stereocenters. The molecule has 0 aliphatic rings. The van der Waals surface area contributed by atoms with Crippen LogP contribution in [0.1, 0.15) is 10.4 Å². The van der Waals surface area contributed by atoms with Crippen LogP contribution in [0.4, 0.5) is 10.1 Å². The van der Waals surface area contributed by atoms with Crippen LogP contribution in [0.5, 0.6) is 5.75 Å². The molecule has 0 saturated heterocycles. The minimum atomic E-state index is -0.584. The zero-order valence-electron chi connectivity index (χ0n) is 8.85. The molecule has 0 radical (unpaired) electrons. The minimum Gasteiger partial charge on any atom is -0.507 e. The highest BCUT2D eigenvalue weighted by atomic mass is 19.1. The molecule has 1 amide bonds. The SMILES string of the molecule is O=C(Nc1ccccc1)c1ccc(F)cc1O. The molecule has 2 N–H and O–H groups in total. The third-order valence-electron chi connectivity index (χ3n) is 2.24. The van der Waals surface area contributed by atoms with Crippen LogP contribution in [-0.2, 0) is 0 Å². The van der Waals surface area contributed by atoms with E-state index in [0.29, 0.717) is 5.69 Å². The Kier molecular flexibility index (Phi) is 3.05. The Bertz CT molecular complexity index is 540. The molecule has 0 bridgehead atoms. The van der Waals surface area contributed by atoms with Crippen molar-refractivity contribution in [3.05, 3.63) is 59.9 Å². The second-order valence-corrected chi connectivity index (χ2v) is 3.48. The fourth-order valence-electron chi connectivity index (χ4n) is 1.42. The zero-order valence-corrected chi connectivity index (χ0v) is 8.85. The van der Waals surface area contributed by atoms with Gasteiger partial charge in [-0.1, -0.05) is 18.2 Å². The number of carbonyl (C=O) groups excluding carboxylic acids is 1. The van der Waals surface area contributed by atoms with E-state index in [1.807, 2.05) is 6.07 Å². The molecule has 2 rings (SSSR count). The number of hydrogen-bond acceptors (Lipinski definition) is 2. The van der Waals surface area contributed by atoms with E-state index in [4.69, 9.17) is 0 Å². The Morgan fingerprint density at radius 3 is 2.47 bits per heavy atom. The average Bonchev–Trinajstić information content (AvgIpc) is 2.30. The van der Waals surface area contributed by atoms with E-state index < -0.39 is 11.7 Å². The van der Waals surface area contributed by atoms with Crippen LogP contribution in [0.15, 0.2) is 48.5 Å². The van der Waals surface area contributed by atoms with E-state index >= 15 is 0 Å². The van der Waals surface area contributed by atoms with Crippen molar-refractivity contribution < 1.29 is 14.3 Å². The Labute approximate surface area is 97.5 Å². The molecule has 4 heteroatoms. The molecule has 0 heterocycles. The molecule has 0 fully saturated rings. The van der Waals surface area contributed by atoms with Gasteiger partial charge in [0.15, 0.2) is 0 Å². The number of amides is 1. The van der Waals surface area contributed by atoms with Crippen molar-refractivity contribution in [2.24, 2.45) is 0 Å². The predicted octanol–water partition coefficient (Wildman–Crippen LogP) is 2.78. The number of benzene rings is 2. The summed E-state index contributed by atoms with van der Waals surface area (Å²) in [6.07, 6.45) is 0. The van der Waals surface area contributed by atoms with Gasteiger partial charge < -0.3 is 10.4 Å². The van der Waals surface area contributed by atoms with Gasteiger partial charge in [-0.3, -0.25) is 4.79 Å². The molecule has 0 aliphatic heterocycles. The summed E-state index contributed by atoms with van der Waals surface area (Å²) >= 11 is 0. The summed E-state index contributed by atoms with van der Waals surface area (Å²) in [7, 11) is 0. The molecule has 0 aliphatic carbocycles. The lowest BCUT2D eigenvalue weighted by atomic mass is 10.2. The van der Waals surface area contributed by atoms with Crippen LogP contribution >= 0.6 is 0 Å². The summed E-state index contributed by atoms with van der Waals surface area (Å²) in [4.78, 5) is 11.8. The van der Waals surface area contributed by atoms with E-state index in [2.05, 4.69) is 5.32 Å². The summed E-state index contributed by atoms with van der Waals surface area (Å²) < 4.78 is 12.7. The molecule has 0 spiro atoms. The highest BCUT2D eigenvalue weighted by Gasteiger charge is 2.11. The quantitative estimate of drug-likeness (QED) is 0.834. The van der Waals surface area contributed by atoms with E-state index in [1.165, 1.54) is 6.07 Å². The first-order valence-electron chi connectivity index (χ1n) is 5.02. The number of carbonyl (C=O) groups is 1. The molecule has 3 nitrogen and oxygen atoms in total. The van der Waals surface area contributed by atoms with Crippen molar-refractivity contribution in [2.75, 3.05) is 5.32 Å². The van der Waals surface area contributed by atoms with E-state index in [0.717, 1.165) is 12.1 Å². The number of hydrogen-bond donors (Lipinski definition) is 2. The number of aromatic hydroxyl groups is 1. The standard InChI is InChI=1S/C13H10FNO2/c14-9-6-7-11(12(16)8-9)13(17)15-10-4-2-1-3-5-10/h1-8,16H,(H,15,17). The first-order chi connectivity index (χ1) is 8.16. The van der Waals surface area contributed by atoms with Crippen LogP contribution in [0, 0.1) is 5.82 Å². The van der Waals surface area contributed by atoms with Crippen molar-refractivity contribution in [3.63, 3.8) is 0 Å².